The summed E-state index contributed by atoms with van der Waals surface area (Å²) in [6.45, 7) is 6.02. The van der Waals surface area contributed by atoms with Gasteiger partial charge in [-0.3, -0.25) is 9.69 Å². The molecule has 26 heavy (non-hydrogen) atoms. The number of aryl methyl sites for hydroxylation is 1. The molecule has 3 rings (SSSR count). The molecule has 1 saturated heterocycles. The van der Waals surface area contributed by atoms with Gasteiger partial charge in [0.05, 0.1) is 12.2 Å². The molecule has 2 heterocycles. The predicted octanol–water partition coefficient (Wildman–Crippen LogP) is 1.28. The third kappa shape index (κ3) is 4.04. The molecule has 0 spiro atoms. The monoisotopic (exact) mass is 357 g/mol. The second-order valence-corrected chi connectivity index (χ2v) is 7.21. The van der Waals surface area contributed by atoms with Crippen molar-refractivity contribution in [3.63, 3.8) is 0 Å². The van der Waals surface area contributed by atoms with E-state index in [9.17, 15) is 9.59 Å². The number of rotatable bonds is 5. The minimum Gasteiger partial charge on any atom is -0.353 e. The number of piperidine rings is 1. The smallest absolute Gasteiger partial charge is 0.350 e. The van der Waals surface area contributed by atoms with E-state index in [1.165, 1.54) is 4.68 Å². The van der Waals surface area contributed by atoms with Crippen molar-refractivity contribution in [1.82, 2.24) is 24.6 Å². The van der Waals surface area contributed by atoms with Crippen LogP contribution < -0.4 is 11.0 Å². The summed E-state index contributed by atoms with van der Waals surface area (Å²) in [4.78, 5) is 26.7. The fourth-order valence-electron chi connectivity index (χ4n) is 3.49. The van der Waals surface area contributed by atoms with Gasteiger partial charge in [-0.25, -0.2) is 14.0 Å². The number of hydrogen-bond donors (Lipinski definition) is 1. The number of nitrogens with zero attached hydrogens (tertiary/aromatic N) is 4. The van der Waals surface area contributed by atoms with Gasteiger partial charge in [0.25, 0.3) is 0 Å². The SMILES string of the molecule is CC(C)NC(=O)CN1CCC(c2nn(C)c(=O)n2-c2ccccc2)CC1. The van der Waals surface area contributed by atoms with Crippen LogP contribution in [-0.4, -0.2) is 50.8 Å². The van der Waals surface area contributed by atoms with Crippen LogP contribution in [0.5, 0.6) is 0 Å². The zero-order valence-electron chi connectivity index (χ0n) is 15.7. The molecule has 7 heteroatoms. The Morgan fingerprint density at radius 1 is 1.23 bits per heavy atom. The first-order valence-electron chi connectivity index (χ1n) is 9.18. The molecule has 0 saturated carbocycles. The fraction of sp³-hybridized carbons (Fsp3) is 0.526. The highest BCUT2D eigenvalue weighted by Gasteiger charge is 2.27. The van der Waals surface area contributed by atoms with Gasteiger partial charge in [0.2, 0.25) is 5.91 Å². The minimum absolute atomic E-state index is 0.0671. The van der Waals surface area contributed by atoms with Crippen molar-refractivity contribution in [2.24, 2.45) is 7.05 Å². The van der Waals surface area contributed by atoms with Crippen LogP contribution in [0.1, 0.15) is 38.4 Å². The average Bonchev–Trinajstić information content (AvgIpc) is 2.91. The lowest BCUT2D eigenvalue weighted by molar-refractivity contribution is -0.123. The number of carbonyl (C=O) groups excluding carboxylic acids is 1. The molecule has 1 aliphatic heterocycles. The van der Waals surface area contributed by atoms with E-state index < -0.39 is 0 Å². The Morgan fingerprint density at radius 3 is 2.50 bits per heavy atom. The van der Waals surface area contributed by atoms with E-state index in [1.54, 1.807) is 11.6 Å². The number of benzene rings is 1. The molecule has 1 fully saturated rings. The van der Waals surface area contributed by atoms with Crippen LogP contribution >= 0.6 is 0 Å². The summed E-state index contributed by atoms with van der Waals surface area (Å²) in [5.41, 5.74) is 0.726. The molecule has 0 unspecified atom stereocenters. The Morgan fingerprint density at radius 2 is 1.88 bits per heavy atom. The Labute approximate surface area is 153 Å². The summed E-state index contributed by atoms with van der Waals surface area (Å²) in [6, 6.07) is 9.80. The molecule has 0 atom stereocenters. The molecule has 1 aliphatic rings. The van der Waals surface area contributed by atoms with Crippen LogP contribution in [0.3, 0.4) is 0 Å². The summed E-state index contributed by atoms with van der Waals surface area (Å²) >= 11 is 0. The van der Waals surface area contributed by atoms with Gasteiger partial charge in [-0.05, 0) is 51.9 Å². The first-order valence-corrected chi connectivity index (χ1v) is 9.18. The Kier molecular flexibility index (Phi) is 5.56. The maximum Gasteiger partial charge on any atom is 0.350 e. The molecule has 2 aromatic rings. The number of carbonyl (C=O) groups is 1. The maximum absolute atomic E-state index is 12.5. The molecule has 1 aromatic carbocycles. The van der Waals surface area contributed by atoms with Crippen LogP contribution in [0.4, 0.5) is 0 Å². The van der Waals surface area contributed by atoms with Gasteiger partial charge in [0, 0.05) is 19.0 Å². The predicted molar refractivity (Wildman–Crippen MR) is 100 cm³/mol. The fourth-order valence-corrected chi connectivity index (χ4v) is 3.49. The van der Waals surface area contributed by atoms with E-state index >= 15 is 0 Å². The first kappa shape index (κ1) is 18.4. The quantitative estimate of drug-likeness (QED) is 0.875. The second-order valence-electron chi connectivity index (χ2n) is 7.21. The van der Waals surface area contributed by atoms with Crippen LogP contribution in [-0.2, 0) is 11.8 Å². The molecule has 0 radical (unpaired) electrons. The largest absolute Gasteiger partial charge is 0.353 e. The van der Waals surface area contributed by atoms with E-state index in [0.717, 1.165) is 37.4 Å². The molecular formula is C19H27N5O2. The molecule has 1 amide bonds. The van der Waals surface area contributed by atoms with Crippen molar-refractivity contribution in [1.29, 1.82) is 0 Å². The van der Waals surface area contributed by atoms with Gasteiger partial charge >= 0.3 is 5.69 Å². The summed E-state index contributed by atoms with van der Waals surface area (Å²) in [5.74, 6) is 1.10. The normalized spacial score (nSPS) is 16.2. The zero-order chi connectivity index (χ0) is 18.7. The second kappa shape index (κ2) is 7.86. The lowest BCUT2D eigenvalue weighted by Gasteiger charge is -2.31. The zero-order valence-corrected chi connectivity index (χ0v) is 15.7. The van der Waals surface area contributed by atoms with Crippen LogP contribution in [0, 0.1) is 0 Å². The standard InChI is InChI=1S/C19H27N5O2/c1-14(2)20-17(25)13-23-11-9-15(10-12-23)18-21-22(3)19(26)24(18)16-7-5-4-6-8-16/h4-8,14-15H,9-13H2,1-3H3,(H,20,25). The van der Waals surface area contributed by atoms with E-state index in [1.807, 2.05) is 44.2 Å². The highest BCUT2D eigenvalue weighted by molar-refractivity contribution is 5.78. The molecule has 0 aliphatic carbocycles. The maximum atomic E-state index is 12.5. The first-order chi connectivity index (χ1) is 12.5. The molecule has 0 bridgehead atoms. The Bertz CT molecular complexity index is 801. The van der Waals surface area contributed by atoms with Gasteiger partial charge < -0.3 is 5.32 Å². The van der Waals surface area contributed by atoms with Crippen LogP contribution in [0.25, 0.3) is 5.69 Å². The van der Waals surface area contributed by atoms with Crippen molar-refractivity contribution in [2.45, 2.75) is 38.6 Å². The van der Waals surface area contributed by atoms with E-state index in [2.05, 4.69) is 15.3 Å². The Hall–Kier alpha value is -2.41. The van der Waals surface area contributed by atoms with Crippen molar-refractivity contribution in [3.8, 4) is 5.69 Å². The summed E-state index contributed by atoms with van der Waals surface area (Å²) in [7, 11) is 1.69. The van der Waals surface area contributed by atoms with E-state index in [-0.39, 0.29) is 23.6 Å². The highest BCUT2D eigenvalue weighted by Crippen LogP contribution is 2.27. The van der Waals surface area contributed by atoms with Crippen molar-refractivity contribution in [3.05, 3.63) is 46.6 Å². The topological polar surface area (TPSA) is 72.2 Å². The Balaban J connectivity index is 1.72. The number of nitrogens with one attached hydrogen (secondary N) is 1. The lowest BCUT2D eigenvalue weighted by Crippen LogP contribution is -2.43. The van der Waals surface area contributed by atoms with Crippen molar-refractivity contribution >= 4 is 5.91 Å². The number of aromatic nitrogens is 3. The van der Waals surface area contributed by atoms with Crippen molar-refractivity contribution < 1.29 is 4.79 Å². The molecule has 1 N–H and O–H groups in total. The summed E-state index contributed by atoms with van der Waals surface area (Å²) < 4.78 is 3.12. The van der Waals surface area contributed by atoms with Crippen LogP contribution in [0.15, 0.2) is 35.1 Å². The number of likely N-dealkylation sites (tertiary alicyclic amines) is 1. The average molecular weight is 357 g/mol. The molecule has 1 aromatic heterocycles. The van der Waals surface area contributed by atoms with E-state index in [0.29, 0.717) is 6.54 Å². The van der Waals surface area contributed by atoms with Crippen LogP contribution in [0.2, 0.25) is 0 Å². The molecule has 7 nitrogen and oxygen atoms in total. The third-order valence-electron chi connectivity index (χ3n) is 4.73. The highest BCUT2D eigenvalue weighted by atomic mass is 16.2. The van der Waals surface area contributed by atoms with Gasteiger partial charge in [0.1, 0.15) is 5.82 Å². The number of hydrogen-bond acceptors (Lipinski definition) is 4. The van der Waals surface area contributed by atoms with E-state index in [4.69, 9.17) is 0 Å². The van der Waals surface area contributed by atoms with Gasteiger partial charge in [-0.2, -0.15) is 5.10 Å². The number of para-hydroxylation sites is 1. The minimum atomic E-state index is -0.120. The van der Waals surface area contributed by atoms with Gasteiger partial charge in [-0.1, -0.05) is 18.2 Å². The van der Waals surface area contributed by atoms with Crippen molar-refractivity contribution in [2.75, 3.05) is 19.6 Å². The van der Waals surface area contributed by atoms with Gasteiger partial charge in [0.15, 0.2) is 0 Å². The molecule has 140 valence electrons. The summed E-state index contributed by atoms with van der Waals surface area (Å²) in [6.07, 6.45) is 1.77. The lowest BCUT2D eigenvalue weighted by atomic mass is 9.95. The third-order valence-corrected chi connectivity index (χ3v) is 4.73. The molecular weight excluding hydrogens is 330 g/mol. The summed E-state index contributed by atoms with van der Waals surface area (Å²) in [5, 5.41) is 7.44. The number of amides is 1. The van der Waals surface area contributed by atoms with Gasteiger partial charge in [-0.15, -0.1) is 0 Å².